The lowest BCUT2D eigenvalue weighted by atomic mass is 9.94. The highest BCUT2D eigenvalue weighted by atomic mass is 35.5. The molecule has 0 unspecified atom stereocenters. The van der Waals surface area contributed by atoms with Crippen LogP contribution in [0.5, 0.6) is 0 Å². The zero-order chi connectivity index (χ0) is 19.4. The van der Waals surface area contributed by atoms with E-state index in [0.29, 0.717) is 28.4 Å². The number of rotatable bonds is 5. The summed E-state index contributed by atoms with van der Waals surface area (Å²) in [6.07, 6.45) is 0.804. The zero-order valence-electron chi connectivity index (χ0n) is 15.3. The standard InChI is InChI=1S/C20H25ClN4O/c1-4-9-25-20(26)19(24)18(23)13-7-8-15(21)16(17(13)22)14-10-11(2)5-6-12(14)3/h5-8,10H,4,9,22-24H2,1-3H3,(H,25,26)/b19-18+. The highest BCUT2D eigenvalue weighted by molar-refractivity contribution is 6.34. The first-order chi connectivity index (χ1) is 12.3. The van der Waals surface area contributed by atoms with Crippen LogP contribution in [0.2, 0.25) is 5.02 Å². The first kappa shape index (κ1) is 19.7. The molecule has 0 aliphatic rings. The summed E-state index contributed by atoms with van der Waals surface area (Å²) >= 11 is 6.43. The molecule has 0 saturated carbocycles. The van der Waals surface area contributed by atoms with Gasteiger partial charge < -0.3 is 22.5 Å². The van der Waals surface area contributed by atoms with Gasteiger partial charge in [0.05, 0.1) is 16.4 Å². The Morgan fingerprint density at radius 1 is 1.15 bits per heavy atom. The molecule has 2 aromatic carbocycles. The van der Waals surface area contributed by atoms with E-state index in [9.17, 15) is 4.79 Å². The summed E-state index contributed by atoms with van der Waals surface area (Å²) in [7, 11) is 0. The largest absolute Gasteiger partial charge is 0.398 e. The van der Waals surface area contributed by atoms with E-state index in [0.717, 1.165) is 23.1 Å². The van der Waals surface area contributed by atoms with Crippen molar-refractivity contribution in [2.45, 2.75) is 27.2 Å². The summed E-state index contributed by atoms with van der Waals surface area (Å²) in [6.45, 7) is 6.47. The fraction of sp³-hybridized carbons (Fsp3) is 0.250. The Morgan fingerprint density at radius 3 is 2.50 bits per heavy atom. The molecule has 0 radical (unpaired) electrons. The normalized spacial score (nSPS) is 11.8. The molecule has 0 spiro atoms. The molecule has 138 valence electrons. The van der Waals surface area contributed by atoms with E-state index >= 15 is 0 Å². The van der Waals surface area contributed by atoms with Crippen molar-refractivity contribution in [2.24, 2.45) is 11.5 Å². The molecule has 26 heavy (non-hydrogen) atoms. The molecule has 0 aromatic heterocycles. The third kappa shape index (κ3) is 3.94. The quantitative estimate of drug-likeness (QED) is 0.477. The number of anilines is 1. The van der Waals surface area contributed by atoms with Crippen LogP contribution < -0.4 is 22.5 Å². The fourth-order valence-corrected chi connectivity index (χ4v) is 2.97. The number of hydrogen-bond acceptors (Lipinski definition) is 4. The number of nitrogens with two attached hydrogens (primary N) is 3. The number of carbonyl (C=O) groups excluding carboxylic acids is 1. The lowest BCUT2D eigenvalue weighted by molar-refractivity contribution is -0.117. The van der Waals surface area contributed by atoms with E-state index in [1.54, 1.807) is 12.1 Å². The number of nitrogen functional groups attached to an aromatic ring is 1. The number of nitrogens with one attached hydrogen (secondary N) is 1. The number of halogens is 1. The molecule has 0 heterocycles. The Bertz CT molecular complexity index is 874. The predicted molar refractivity (Wildman–Crippen MR) is 109 cm³/mol. The maximum absolute atomic E-state index is 12.1. The second-order valence-electron chi connectivity index (χ2n) is 6.29. The number of aryl methyl sites for hydroxylation is 2. The van der Waals surface area contributed by atoms with Gasteiger partial charge in [-0.1, -0.05) is 42.3 Å². The second-order valence-corrected chi connectivity index (χ2v) is 6.69. The molecular formula is C20H25ClN4O. The maximum Gasteiger partial charge on any atom is 0.269 e. The Kier molecular flexibility index (Phi) is 6.16. The van der Waals surface area contributed by atoms with Crippen molar-refractivity contribution < 1.29 is 4.79 Å². The van der Waals surface area contributed by atoms with Gasteiger partial charge >= 0.3 is 0 Å². The molecular weight excluding hydrogens is 348 g/mol. The van der Waals surface area contributed by atoms with Crippen LogP contribution in [0, 0.1) is 13.8 Å². The van der Waals surface area contributed by atoms with Gasteiger partial charge in [-0.15, -0.1) is 0 Å². The number of hydrogen-bond donors (Lipinski definition) is 4. The van der Waals surface area contributed by atoms with Gasteiger partial charge in [0.15, 0.2) is 0 Å². The second kappa shape index (κ2) is 8.15. The summed E-state index contributed by atoms with van der Waals surface area (Å²) in [4.78, 5) is 12.1. The van der Waals surface area contributed by atoms with Crippen molar-refractivity contribution in [1.82, 2.24) is 5.32 Å². The van der Waals surface area contributed by atoms with Crippen LogP contribution in [-0.2, 0) is 4.79 Å². The lowest BCUT2D eigenvalue weighted by Crippen LogP contribution is -2.31. The van der Waals surface area contributed by atoms with Crippen LogP contribution >= 0.6 is 11.6 Å². The average molecular weight is 373 g/mol. The van der Waals surface area contributed by atoms with E-state index in [1.807, 2.05) is 39.0 Å². The molecule has 2 aromatic rings. The summed E-state index contributed by atoms with van der Waals surface area (Å²) < 4.78 is 0. The Labute approximate surface area is 159 Å². The number of carbonyl (C=O) groups is 1. The maximum atomic E-state index is 12.1. The molecule has 0 atom stereocenters. The van der Waals surface area contributed by atoms with Crippen LogP contribution in [0.1, 0.15) is 30.0 Å². The van der Waals surface area contributed by atoms with Crippen molar-refractivity contribution in [3.05, 3.63) is 57.7 Å². The average Bonchev–Trinajstić information content (AvgIpc) is 2.61. The van der Waals surface area contributed by atoms with Crippen molar-refractivity contribution in [3.8, 4) is 11.1 Å². The number of amides is 1. The first-order valence-corrected chi connectivity index (χ1v) is 8.85. The van der Waals surface area contributed by atoms with Gasteiger partial charge in [0.2, 0.25) is 0 Å². The van der Waals surface area contributed by atoms with E-state index in [-0.39, 0.29) is 11.4 Å². The molecule has 0 aliphatic heterocycles. The zero-order valence-corrected chi connectivity index (χ0v) is 16.1. The molecule has 0 aliphatic carbocycles. The molecule has 6 heteroatoms. The van der Waals surface area contributed by atoms with Gasteiger partial charge in [-0.2, -0.15) is 0 Å². The molecule has 7 N–H and O–H groups in total. The van der Waals surface area contributed by atoms with Gasteiger partial charge in [0, 0.05) is 17.7 Å². The highest BCUT2D eigenvalue weighted by Gasteiger charge is 2.18. The van der Waals surface area contributed by atoms with Crippen molar-refractivity contribution in [2.75, 3.05) is 12.3 Å². The van der Waals surface area contributed by atoms with Crippen LogP contribution in [0.15, 0.2) is 36.0 Å². The molecule has 0 saturated heterocycles. The molecule has 2 rings (SSSR count). The minimum Gasteiger partial charge on any atom is -0.398 e. The van der Waals surface area contributed by atoms with Gasteiger partial charge in [-0.05, 0) is 43.5 Å². The smallest absolute Gasteiger partial charge is 0.269 e. The first-order valence-electron chi connectivity index (χ1n) is 8.47. The van der Waals surface area contributed by atoms with Crippen LogP contribution in [0.3, 0.4) is 0 Å². The van der Waals surface area contributed by atoms with Gasteiger partial charge in [-0.25, -0.2) is 0 Å². The van der Waals surface area contributed by atoms with Crippen LogP contribution in [0.25, 0.3) is 16.8 Å². The van der Waals surface area contributed by atoms with Crippen LogP contribution in [-0.4, -0.2) is 12.5 Å². The molecule has 0 bridgehead atoms. The summed E-state index contributed by atoms with van der Waals surface area (Å²) in [6, 6.07) is 9.46. The molecule has 5 nitrogen and oxygen atoms in total. The SMILES string of the molecule is CCCNC(=O)/C(N)=C(\N)c1ccc(Cl)c(-c2cc(C)ccc2C)c1N. The van der Waals surface area contributed by atoms with Crippen molar-refractivity contribution in [3.63, 3.8) is 0 Å². The lowest BCUT2D eigenvalue weighted by Gasteiger charge is -2.17. The Morgan fingerprint density at radius 2 is 1.85 bits per heavy atom. The van der Waals surface area contributed by atoms with E-state index in [4.69, 9.17) is 28.8 Å². The van der Waals surface area contributed by atoms with E-state index in [1.165, 1.54) is 0 Å². The summed E-state index contributed by atoms with van der Waals surface area (Å²) in [5.41, 5.74) is 23.2. The van der Waals surface area contributed by atoms with Gasteiger partial charge in [0.1, 0.15) is 5.70 Å². The minimum atomic E-state index is -0.410. The number of benzene rings is 2. The Hall–Kier alpha value is -2.66. The van der Waals surface area contributed by atoms with Crippen molar-refractivity contribution in [1.29, 1.82) is 0 Å². The fourth-order valence-electron chi connectivity index (χ4n) is 2.71. The Balaban J connectivity index is 2.60. The molecule has 1 amide bonds. The summed E-state index contributed by atoms with van der Waals surface area (Å²) in [5.74, 6) is -0.410. The third-order valence-corrected chi connectivity index (χ3v) is 4.53. The highest BCUT2D eigenvalue weighted by Crippen LogP contribution is 2.39. The third-order valence-electron chi connectivity index (χ3n) is 4.22. The van der Waals surface area contributed by atoms with Crippen LogP contribution in [0.4, 0.5) is 5.69 Å². The van der Waals surface area contributed by atoms with E-state index in [2.05, 4.69) is 5.32 Å². The molecule has 0 fully saturated rings. The topological polar surface area (TPSA) is 107 Å². The van der Waals surface area contributed by atoms with Gasteiger partial charge in [0.25, 0.3) is 5.91 Å². The minimum absolute atomic E-state index is 0.0561. The monoisotopic (exact) mass is 372 g/mol. The predicted octanol–water partition coefficient (Wildman–Crippen LogP) is 3.32. The van der Waals surface area contributed by atoms with Gasteiger partial charge in [-0.3, -0.25) is 4.79 Å². The van der Waals surface area contributed by atoms with Crippen molar-refractivity contribution >= 4 is 28.9 Å². The summed E-state index contributed by atoms with van der Waals surface area (Å²) in [5, 5.41) is 3.22. The van der Waals surface area contributed by atoms with E-state index < -0.39 is 5.91 Å².